The summed E-state index contributed by atoms with van der Waals surface area (Å²) in [5.41, 5.74) is 1.26. The number of allylic oxidation sites excluding steroid dienone is 1. The molecule has 2 rings (SSSR count). The second kappa shape index (κ2) is 7.44. The molecular formula is C13H14N2. The van der Waals surface area contributed by atoms with Crippen molar-refractivity contribution in [2.45, 2.75) is 6.42 Å². The van der Waals surface area contributed by atoms with Crippen LogP contribution in [0.25, 0.3) is 0 Å². The van der Waals surface area contributed by atoms with E-state index >= 15 is 0 Å². The molecule has 0 aliphatic heterocycles. The molecule has 0 radical (unpaired) electrons. The van der Waals surface area contributed by atoms with E-state index in [-0.39, 0.29) is 0 Å². The van der Waals surface area contributed by atoms with Gasteiger partial charge in [0.2, 0.25) is 0 Å². The summed E-state index contributed by atoms with van der Waals surface area (Å²) < 4.78 is 0. The molecule has 15 heavy (non-hydrogen) atoms. The molecule has 0 unspecified atom stereocenters. The largest absolute Gasteiger partial charge is 0.265 e. The van der Waals surface area contributed by atoms with E-state index in [2.05, 4.69) is 16.5 Å². The Morgan fingerprint density at radius 2 is 1.53 bits per heavy atom. The number of rotatable bonds is 2. The van der Waals surface area contributed by atoms with Gasteiger partial charge in [0.15, 0.2) is 0 Å². The summed E-state index contributed by atoms with van der Waals surface area (Å²) >= 11 is 0. The van der Waals surface area contributed by atoms with Crippen LogP contribution in [0.2, 0.25) is 0 Å². The van der Waals surface area contributed by atoms with Gasteiger partial charge >= 0.3 is 0 Å². The van der Waals surface area contributed by atoms with Crippen molar-refractivity contribution in [1.82, 2.24) is 9.97 Å². The van der Waals surface area contributed by atoms with Gasteiger partial charge in [-0.3, -0.25) is 9.97 Å². The second-order valence-corrected chi connectivity index (χ2v) is 2.87. The van der Waals surface area contributed by atoms with Gasteiger partial charge in [0.05, 0.1) is 0 Å². The predicted octanol–water partition coefficient (Wildman–Crippen LogP) is 2.89. The topological polar surface area (TPSA) is 25.8 Å². The fraction of sp³-hybridized carbons (Fsp3) is 0.0769. The monoisotopic (exact) mass is 198 g/mol. The number of nitrogens with zero attached hydrogens (tertiary/aromatic N) is 2. The molecule has 0 saturated carbocycles. The first-order chi connectivity index (χ1) is 7.43. The number of pyridine rings is 2. The van der Waals surface area contributed by atoms with Crippen molar-refractivity contribution < 1.29 is 0 Å². The van der Waals surface area contributed by atoms with Gasteiger partial charge in [0.1, 0.15) is 0 Å². The summed E-state index contributed by atoms with van der Waals surface area (Å²) in [7, 11) is 0. The molecule has 0 aliphatic rings. The first-order valence-electron chi connectivity index (χ1n) is 4.78. The molecule has 0 atom stereocenters. The van der Waals surface area contributed by atoms with Crippen LogP contribution in [0.5, 0.6) is 0 Å². The predicted molar refractivity (Wildman–Crippen MR) is 62.4 cm³/mol. The van der Waals surface area contributed by atoms with Gasteiger partial charge < -0.3 is 0 Å². The van der Waals surface area contributed by atoms with Crippen LogP contribution in [0, 0.1) is 0 Å². The van der Waals surface area contributed by atoms with Gasteiger partial charge in [0.25, 0.3) is 0 Å². The first-order valence-corrected chi connectivity index (χ1v) is 4.78. The van der Waals surface area contributed by atoms with Gasteiger partial charge in [-0.15, -0.1) is 6.58 Å². The van der Waals surface area contributed by atoms with Crippen molar-refractivity contribution in [2.75, 3.05) is 0 Å². The van der Waals surface area contributed by atoms with Crippen LogP contribution in [-0.2, 0) is 6.42 Å². The van der Waals surface area contributed by atoms with E-state index in [9.17, 15) is 0 Å². The van der Waals surface area contributed by atoms with Gasteiger partial charge in [-0.05, 0) is 36.2 Å². The standard InChI is InChI=1S/C8H9N.C5H5N/c1-2-3-8-4-6-9-7-5-8;1-2-4-6-5-3-1/h2,4-7H,1,3H2;1-5H. The molecule has 2 heterocycles. The van der Waals surface area contributed by atoms with Gasteiger partial charge in [-0.1, -0.05) is 12.1 Å². The Morgan fingerprint density at radius 3 is 1.93 bits per heavy atom. The minimum absolute atomic E-state index is 0.933. The first kappa shape index (κ1) is 11.1. The van der Waals surface area contributed by atoms with Crippen molar-refractivity contribution in [2.24, 2.45) is 0 Å². The smallest absolute Gasteiger partial charge is 0.0270 e. The highest BCUT2D eigenvalue weighted by Crippen LogP contribution is 1.96. The SMILES string of the molecule is C=CCc1ccncc1.c1ccncc1. The lowest BCUT2D eigenvalue weighted by atomic mass is 10.2. The maximum atomic E-state index is 3.89. The van der Waals surface area contributed by atoms with Crippen molar-refractivity contribution >= 4 is 0 Å². The number of hydrogen-bond acceptors (Lipinski definition) is 2. The van der Waals surface area contributed by atoms with Crippen molar-refractivity contribution in [3.8, 4) is 0 Å². The summed E-state index contributed by atoms with van der Waals surface area (Å²) in [5.74, 6) is 0. The fourth-order valence-corrected chi connectivity index (χ4v) is 0.998. The summed E-state index contributed by atoms with van der Waals surface area (Å²) in [4.78, 5) is 7.68. The summed E-state index contributed by atoms with van der Waals surface area (Å²) in [5, 5.41) is 0. The van der Waals surface area contributed by atoms with Crippen LogP contribution in [0.15, 0.2) is 67.8 Å². The third kappa shape index (κ3) is 5.37. The zero-order valence-corrected chi connectivity index (χ0v) is 8.58. The lowest BCUT2D eigenvalue weighted by Gasteiger charge is -1.90. The molecule has 2 aromatic heterocycles. The van der Waals surface area contributed by atoms with Crippen molar-refractivity contribution in [3.05, 3.63) is 73.3 Å². The van der Waals surface area contributed by atoms with E-state index < -0.39 is 0 Å². The molecule has 0 bridgehead atoms. The molecule has 76 valence electrons. The van der Waals surface area contributed by atoms with Crippen molar-refractivity contribution in [3.63, 3.8) is 0 Å². The van der Waals surface area contributed by atoms with E-state index in [4.69, 9.17) is 0 Å². The van der Waals surface area contributed by atoms with Crippen LogP contribution in [0.4, 0.5) is 0 Å². The molecule has 0 aromatic carbocycles. The summed E-state index contributed by atoms with van der Waals surface area (Å²) in [6, 6.07) is 9.69. The zero-order valence-electron chi connectivity index (χ0n) is 8.58. The average Bonchev–Trinajstić information content (AvgIpc) is 2.34. The molecular weight excluding hydrogens is 184 g/mol. The Bertz CT molecular complexity index is 330. The minimum atomic E-state index is 0.933. The van der Waals surface area contributed by atoms with Crippen LogP contribution >= 0.6 is 0 Å². The van der Waals surface area contributed by atoms with Crippen LogP contribution in [-0.4, -0.2) is 9.97 Å². The van der Waals surface area contributed by atoms with E-state index in [0.29, 0.717) is 0 Å². The molecule has 2 aromatic rings. The Morgan fingerprint density at radius 1 is 0.933 bits per heavy atom. The normalized spacial score (nSPS) is 8.53. The molecule has 0 fully saturated rings. The van der Waals surface area contributed by atoms with E-state index in [1.165, 1.54) is 5.56 Å². The van der Waals surface area contributed by atoms with Gasteiger partial charge in [0, 0.05) is 24.8 Å². The van der Waals surface area contributed by atoms with E-state index in [1.54, 1.807) is 24.8 Å². The second-order valence-electron chi connectivity index (χ2n) is 2.87. The Balaban J connectivity index is 0.000000162. The van der Waals surface area contributed by atoms with Crippen molar-refractivity contribution in [1.29, 1.82) is 0 Å². The van der Waals surface area contributed by atoms with Crippen LogP contribution in [0.1, 0.15) is 5.56 Å². The van der Waals surface area contributed by atoms with Crippen LogP contribution in [0.3, 0.4) is 0 Å². The average molecular weight is 198 g/mol. The Kier molecular flexibility index (Phi) is 5.52. The third-order valence-corrected chi connectivity index (χ3v) is 1.70. The maximum Gasteiger partial charge on any atom is 0.0270 e. The Hall–Kier alpha value is -1.96. The molecule has 0 amide bonds. The fourth-order valence-electron chi connectivity index (χ4n) is 0.998. The van der Waals surface area contributed by atoms with E-state index in [1.807, 2.05) is 36.4 Å². The highest BCUT2D eigenvalue weighted by molar-refractivity contribution is 5.12. The summed E-state index contributed by atoms with van der Waals surface area (Å²) in [6.45, 7) is 3.64. The molecule has 0 N–H and O–H groups in total. The molecule has 2 nitrogen and oxygen atoms in total. The maximum absolute atomic E-state index is 3.89. The molecule has 0 aliphatic carbocycles. The van der Waals surface area contributed by atoms with Gasteiger partial charge in [-0.25, -0.2) is 0 Å². The summed E-state index contributed by atoms with van der Waals surface area (Å²) in [6.07, 6.45) is 9.90. The van der Waals surface area contributed by atoms with Crippen LogP contribution < -0.4 is 0 Å². The quantitative estimate of drug-likeness (QED) is 0.693. The Labute approximate surface area is 90.3 Å². The third-order valence-electron chi connectivity index (χ3n) is 1.70. The van der Waals surface area contributed by atoms with E-state index in [0.717, 1.165) is 6.42 Å². The highest BCUT2D eigenvalue weighted by Gasteiger charge is 1.82. The number of hydrogen-bond donors (Lipinski definition) is 0. The zero-order chi connectivity index (χ0) is 10.8. The minimum Gasteiger partial charge on any atom is -0.265 e. The lowest BCUT2D eigenvalue weighted by Crippen LogP contribution is -1.78. The molecule has 2 heteroatoms. The molecule has 0 saturated heterocycles. The molecule has 0 spiro atoms. The lowest BCUT2D eigenvalue weighted by molar-refractivity contribution is 1.22. The van der Waals surface area contributed by atoms with Gasteiger partial charge in [-0.2, -0.15) is 0 Å². The number of aromatic nitrogens is 2. The highest BCUT2D eigenvalue weighted by atomic mass is 14.6.